The average molecular weight is 435 g/mol. The Morgan fingerprint density at radius 1 is 1.19 bits per heavy atom. The fourth-order valence-electron chi connectivity index (χ4n) is 4.12. The predicted octanol–water partition coefficient (Wildman–Crippen LogP) is 2.74. The summed E-state index contributed by atoms with van der Waals surface area (Å²) in [4.78, 5) is 31.7. The molecule has 1 unspecified atom stereocenters. The number of nitrogens with one attached hydrogen (secondary N) is 1. The maximum absolute atomic E-state index is 13.1. The van der Waals surface area contributed by atoms with E-state index in [-0.39, 0.29) is 11.3 Å². The van der Waals surface area contributed by atoms with Crippen molar-refractivity contribution >= 4 is 17.4 Å². The van der Waals surface area contributed by atoms with Crippen LogP contribution < -0.4 is 4.74 Å². The number of aromatic nitrogens is 4. The van der Waals surface area contributed by atoms with E-state index in [1.54, 1.807) is 57.7 Å². The number of Topliss-reactive ketones (excluding diaryl/α,β-unsaturated/α-hetero) is 1. The summed E-state index contributed by atoms with van der Waals surface area (Å²) in [5.74, 6) is -0.889. The van der Waals surface area contributed by atoms with Crippen molar-refractivity contribution < 1.29 is 19.4 Å². The molecule has 0 aliphatic carbocycles. The molecule has 0 saturated carbocycles. The summed E-state index contributed by atoms with van der Waals surface area (Å²) in [5, 5.41) is 18.1. The van der Waals surface area contributed by atoms with E-state index in [1.807, 2.05) is 10.8 Å². The summed E-state index contributed by atoms with van der Waals surface area (Å²) >= 11 is 0. The molecule has 0 bridgehead atoms. The van der Waals surface area contributed by atoms with Crippen LogP contribution in [0.15, 0.2) is 48.6 Å². The predicted molar refractivity (Wildman–Crippen MR) is 117 cm³/mol. The lowest BCUT2D eigenvalue weighted by molar-refractivity contribution is -0.139. The van der Waals surface area contributed by atoms with Gasteiger partial charge in [-0.3, -0.25) is 14.7 Å². The van der Waals surface area contributed by atoms with Crippen LogP contribution in [0, 0.1) is 13.8 Å². The molecule has 1 amide bonds. The number of amides is 1. The Kier molecular flexibility index (Phi) is 5.81. The maximum Gasteiger partial charge on any atom is 0.295 e. The Labute approximate surface area is 185 Å². The van der Waals surface area contributed by atoms with E-state index in [9.17, 15) is 14.7 Å². The second-order valence-corrected chi connectivity index (χ2v) is 7.73. The van der Waals surface area contributed by atoms with Crippen molar-refractivity contribution in [1.82, 2.24) is 24.6 Å². The van der Waals surface area contributed by atoms with E-state index in [0.29, 0.717) is 47.8 Å². The van der Waals surface area contributed by atoms with Gasteiger partial charge in [0.1, 0.15) is 11.5 Å². The number of aryl methyl sites for hydroxylation is 3. The number of aromatic amines is 1. The zero-order valence-electron chi connectivity index (χ0n) is 18.2. The molecule has 166 valence electrons. The molecule has 2 aromatic heterocycles. The Bertz CT molecular complexity index is 1140. The van der Waals surface area contributed by atoms with Crippen molar-refractivity contribution in [2.75, 3.05) is 13.7 Å². The Hall–Kier alpha value is -3.88. The first kappa shape index (κ1) is 21.4. The fraction of sp³-hybridized carbons (Fsp3) is 0.304. The molecule has 1 saturated heterocycles. The lowest BCUT2D eigenvalue weighted by Gasteiger charge is -2.25. The first-order valence-electron chi connectivity index (χ1n) is 10.3. The van der Waals surface area contributed by atoms with Crippen LogP contribution in [-0.4, -0.2) is 55.1 Å². The van der Waals surface area contributed by atoms with Crippen molar-refractivity contribution in [1.29, 1.82) is 0 Å². The average Bonchev–Trinajstić information content (AvgIpc) is 3.49. The van der Waals surface area contributed by atoms with Gasteiger partial charge >= 0.3 is 0 Å². The molecule has 1 aliphatic rings. The number of hydrogen-bond acceptors (Lipinski definition) is 6. The smallest absolute Gasteiger partial charge is 0.295 e. The van der Waals surface area contributed by atoms with Crippen LogP contribution in [0.25, 0.3) is 5.76 Å². The molecule has 0 spiro atoms. The number of ketones is 1. The third-order valence-electron chi connectivity index (χ3n) is 5.71. The van der Waals surface area contributed by atoms with Crippen molar-refractivity contribution in [2.24, 2.45) is 0 Å². The van der Waals surface area contributed by atoms with Gasteiger partial charge in [-0.05, 0) is 38.0 Å². The number of rotatable bonds is 7. The Morgan fingerprint density at radius 3 is 2.53 bits per heavy atom. The van der Waals surface area contributed by atoms with Crippen LogP contribution in [0.5, 0.6) is 5.75 Å². The van der Waals surface area contributed by atoms with E-state index < -0.39 is 17.7 Å². The van der Waals surface area contributed by atoms with Gasteiger partial charge in [-0.1, -0.05) is 12.1 Å². The molecule has 1 fully saturated rings. The SMILES string of the molecule is COc1ccc(C2C(=C(O)c3c(C)n[nH]c3C)C(=O)C(=O)N2CCCn2ccnc2)cc1. The van der Waals surface area contributed by atoms with E-state index >= 15 is 0 Å². The molecular formula is C23H25N5O4. The molecule has 4 rings (SSSR count). The second-order valence-electron chi connectivity index (χ2n) is 7.73. The molecule has 9 nitrogen and oxygen atoms in total. The van der Waals surface area contributed by atoms with Crippen LogP contribution in [0.3, 0.4) is 0 Å². The van der Waals surface area contributed by atoms with Gasteiger partial charge in [0, 0.05) is 31.2 Å². The topological polar surface area (TPSA) is 113 Å². The normalized spacial score (nSPS) is 17.8. The molecule has 1 aliphatic heterocycles. The Balaban J connectivity index is 1.75. The van der Waals surface area contributed by atoms with Crippen molar-refractivity contribution in [3.63, 3.8) is 0 Å². The molecule has 9 heteroatoms. The third-order valence-corrected chi connectivity index (χ3v) is 5.71. The van der Waals surface area contributed by atoms with Crippen LogP contribution in [0.4, 0.5) is 0 Å². The van der Waals surface area contributed by atoms with Gasteiger partial charge < -0.3 is 19.3 Å². The van der Waals surface area contributed by atoms with Gasteiger partial charge in [0.2, 0.25) is 0 Å². The van der Waals surface area contributed by atoms with Gasteiger partial charge in [-0.15, -0.1) is 0 Å². The minimum absolute atomic E-state index is 0.0652. The second kappa shape index (κ2) is 8.70. The van der Waals surface area contributed by atoms with Gasteiger partial charge in [-0.2, -0.15) is 5.10 Å². The number of aliphatic hydroxyl groups excluding tert-OH is 1. The number of hydrogen-bond donors (Lipinski definition) is 2. The highest BCUT2D eigenvalue weighted by Gasteiger charge is 2.46. The van der Waals surface area contributed by atoms with Gasteiger partial charge in [0.05, 0.1) is 36.3 Å². The van der Waals surface area contributed by atoms with Crippen molar-refractivity contribution in [2.45, 2.75) is 32.9 Å². The Morgan fingerprint density at radius 2 is 1.94 bits per heavy atom. The molecule has 1 atom stereocenters. The number of nitrogens with zero attached hydrogens (tertiary/aromatic N) is 4. The number of carbonyl (C=O) groups is 2. The lowest BCUT2D eigenvalue weighted by Crippen LogP contribution is -2.31. The summed E-state index contributed by atoms with van der Waals surface area (Å²) in [6.07, 6.45) is 5.87. The van der Waals surface area contributed by atoms with Gasteiger partial charge in [0.15, 0.2) is 0 Å². The number of ether oxygens (including phenoxy) is 1. The number of imidazole rings is 1. The van der Waals surface area contributed by atoms with Gasteiger partial charge in [0.25, 0.3) is 11.7 Å². The van der Waals surface area contributed by atoms with E-state index in [4.69, 9.17) is 4.74 Å². The van der Waals surface area contributed by atoms with Crippen LogP contribution in [-0.2, 0) is 16.1 Å². The largest absolute Gasteiger partial charge is 0.507 e. The van der Waals surface area contributed by atoms with Crippen molar-refractivity contribution in [3.8, 4) is 5.75 Å². The quantitative estimate of drug-likeness (QED) is 0.335. The monoisotopic (exact) mass is 435 g/mol. The van der Waals surface area contributed by atoms with E-state index in [0.717, 1.165) is 0 Å². The number of carbonyl (C=O) groups excluding carboxylic acids is 2. The zero-order chi connectivity index (χ0) is 22.8. The van der Waals surface area contributed by atoms with Crippen LogP contribution in [0.2, 0.25) is 0 Å². The number of methoxy groups -OCH3 is 1. The summed E-state index contributed by atoms with van der Waals surface area (Å²) in [6, 6.07) is 6.45. The minimum atomic E-state index is -0.711. The number of likely N-dealkylation sites (tertiary alicyclic amines) is 1. The van der Waals surface area contributed by atoms with Crippen LogP contribution >= 0.6 is 0 Å². The summed E-state index contributed by atoms with van der Waals surface area (Å²) < 4.78 is 7.16. The highest BCUT2D eigenvalue weighted by Crippen LogP contribution is 2.40. The molecule has 2 N–H and O–H groups in total. The molecule has 0 radical (unpaired) electrons. The van der Waals surface area contributed by atoms with Crippen LogP contribution in [0.1, 0.15) is 35.0 Å². The fourth-order valence-corrected chi connectivity index (χ4v) is 4.12. The maximum atomic E-state index is 13.1. The molecule has 1 aromatic carbocycles. The molecular weight excluding hydrogens is 410 g/mol. The summed E-state index contributed by atoms with van der Waals surface area (Å²) in [5.41, 5.74) is 2.41. The molecule has 32 heavy (non-hydrogen) atoms. The summed E-state index contributed by atoms with van der Waals surface area (Å²) in [7, 11) is 1.57. The molecule has 3 heterocycles. The number of H-pyrrole nitrogens is 1. The standard InChI is InChI=1S/C23H25N5O4/c1-14-18(15(2)26-25-14)21(29)19-20(16-5-7-17(32-3)8-6-16)28(23(31)22(19)30)11-4-10-27-12-9-24-13-27/h5-9,12-13,20,29H,4,10-11H2,1-3H3,(H,25,26). The zero-order valence-corrected chi connectivity index (χ0v) is 18.2. The third kappa shape index (κ3) is 3.77. The molecule has 3 aromatic rings. The first-order chi connectivity index (χ1) is 15.4. The number of benzene rings is 1. The van der Waals surface area contributed by atoms with E-state index in [2.05, 4.69) is 15.2 Å². The summed E-state index contributed by atoms with van der Waals surface area (Å²) in [6.45, 7) is 4.50. The van der Waals surface area contributed by atoms with Gasteiger partial charge in [-0.25, -0.2) is 4.98 Å². The highest BCUT2D eigenvalue weighted by molar-refractivity contribution is 6.46. The lowest BCUT2D eigenvalue weighted by atomic mass is 9.94. The minimum Gasteiger partial charge on any atom is -0.507 e. The highest BCUT2D eigenvalue weighted by atomic mass is 16.5. The van der Waals surface area contributed by atoms with E-state index in [1.165, 1.54) is 4.90 Å². The first-order valence-corrected chi connectivity index (χ1v) is 10.3. The number of aliphatic hydroxyl groups is 1. The van der Waals surface area contributed by atoms with Crippen molar-refractivity contribution in [3.05, 3.63) is 71.1 Å².